The molecule has 19 heavy (non-hydrogen) atoms. The topological polar surface area (TPSA) is 41.1 Å². The number of nitrogens with one attached hydrogen (secondary N) is 2. The van der Waals surface area contributed by atoms with Crippen LogP contribution in [0, 0.1) is 0 Å². The lowest BCUT2D eigenvalue weighted by Crippen LogP contribution is -2.39. The maximum absolute atomic E-state index is 12.0. The Morgan fingerprint density at radius 2 is 1.74 bits per heavy atom. The molecule has 102 valence electrons. The van der Waals surface area contributed by atoms with Crippen LogP contribution in [0.15, 0.2) is 24.3 Å². The van der Waals surface area contributed by atoms with Crippen molar-refractivity contribution >= 4 is 5.91 Å². The van der Waals surface area contributed by atoms with E-state index in [1.807, 2.05) is 12.1 Å². The van der Waals surface area contributed by atoms with Gasteiger partial charge in [-0.2, -0.15) is 0 Å². The van der Waals surface area contributed by atoms with Crippen LogP contribution in [-0.4, -0.2) is 25.0 Å². The molecule has 2 fully saturated rings. The van der Waals surface area contributed by atoms with E-state index in [4.69, 9.17) is 0 Å². The van der Waals surface area contributed by atoms with Crippen molar-refractivity contribution in [1.29, 1.82) is 0 Å². The van der Waals surface area contributed by atoms with E-state index >= 15 is 0 Å². The molecule has 0 aromatic heterocycles. The monoisotopic (exact) mass is 258 g/mol. The molecule has 0 unspecified atom stereocenters. The zero-order valence-corrected chi connectivity index (χ0v) is 11.3. The van der Waals surface area contributed by atoms with Crippen LogP contribution in [0.4, 0.5) is 0 Å². The lowest BCUT2D eigenvalue weighted by Gasteiger charge is -2.26. The van der Waals surface area contributed by atoms with Gasteiger partial charge in [-0.05, 0) is 68.8 Å². The third kappa shape index (κ3) is 2.98. The van der Waals surface area contributed by atoms with Crippen molar-refractivity contribution in [2.45, 2.75) is 44.1 Å². The number of amides is 1. The summed E-state index contributed by atoms with van der Waals surface area (Å²) in [7, 11) is 0. The first-order valence-electron chi connectivity index (χ1n) is 7.44. The predicted molar refractivity (Wildman–Crippen MR) is 76.4 cm³/mol. The SMILES string of the molecule is O=C(NC1CCC1)c1ccc(C2CCNCC2)cc1. The molecule has 1 aliphatic carbocycles. The van der Waals surface area contributed by atoms with Crippen LogP contribution < -0.4 is 10.6 Å². The van der Waals surface area contributed by atoms with Crippen LogP contribution in [0.1, 0.15) is 53.9 Å². The average molecular weight is 258 g/mol. The van der Waals surface area contributed by atoms with Crippen LogP contribution in [-0.2, 0) is 0 Å². The molecule has 3 nitrogen and oxygen atoms in total. The molecule has 1 saturated carbocycles. The first kappa shape index (κ1) is 12.7. The zero-order chi connectivity index (χ0) is 13.1. The molecule has 3 heteroatoms. The van der Waals surface area contributed by atoms with Gasteiger partial charge in [0.25, 0.3) is 5.91 Å². The van der Waals surface area contributed by atoms with Gasteiger partial charge in [0.05, 0.1) is 0 Å². The van der Waals surface area contributed by atoms with Gasteiger partial charge >= 0.3 is 0 Å². The highest BCUT2D eigenvalue weighted by Crippen LogP contribution is 2.25. The summed E-state index contributed by atoms with van der Waals surface area (Å²) >= 11 is 0. The van der Waals surface area contributed by atoms with E-state index in [-0.39, 0.29) is 5.91 Å². The number of hydrogen-bond donors (Lipinski definition) is 2. The van der Waals surface area contributed by atoms with Gasteiger partial charge < -0.3 is 10.6 Å². The Morgan fingerprint density at radius 1 is 1.05 bits per heavy atom. The highest BCUT2D eigenvalue weighted by atomic mass is 16.1. The van der Waals surface area contributed by atoms with Crippen molar-refractivity contribution in [1.82, 2.24) is 10.6 Å². The Kier molecular flexibility index (Phi) is 3.83. The average Bonchev–Trinajstić information content (AvgIpc) is 2.44. The van der Waals surface area contributed by atoms with Crippen molar-refractivity contribution in [3.63, 3.8) is 0 Å². The molecule has 0 spiro atoms. The second kappa shape index (κ2) is 5.74. The van der Waals surface area contributed by atoms with E-state index in [2.05, 4.69) is 22.8 Å². The van der Waals surface area contributed by atoms with Crippen molar-refractivity contribution < 1.29 is 4.79 Å². The summed E-state index contributed by atoms with van der Waals surface area (Å²) in [4.78, 5) is 12.0. The molecule has 2 aliphatic rings. The van der Waals surface area contributed by atoms with Crippen LogP contribution in [0.2, 0.25) is 0 Å². The molecule has 1 saturated heterocycles. The number of carbonyl (C=O) groups excluding carboxylic acids is 1. The van der Waals surface area contributed by atoms with Crippen LogP contribution in [0.5, 0.6) is 0 Å². The lowest BCUT2D eigenvalue weighted by atomic mass is 9.89. The molecule has 0 atom stereocenters. The lowest BCUT2D eigenvalue weighted by molar-refractivity contribution is 0.0917. The first-order valence-corrected chi connectivity index (χ1v) is 7.44. The van der Waals surface area contributed by atoms with Crippen molar-refractivity contribution in [3.8, 4) is 0 Å². The molecular formula is C16H22N2O. The molecule has 1 aliphatic heterocycles. The summed E-state index contributed by atoms with van der Waals surface area (Å²) in [6.45, 7) is 2.21. The second-order valence-corrected chi connectivity index (χ2v) is 5.75. The number of piperidine rings is 1. The van der Waals surface area contributed by atoms with Gasteiger partial charge in [-0.3, -0.25) is 4.79 Å². The van der Waals surface area contributed by atoms with E-state index in [1.54, 1.807) is 0 Å². The third-order valence-corrected chi connectivity index (χ3v) is 4.42. The van der Waals surface area contributed by atoms with Crippen molar-refractivity contribution in [2.75, 3.05) is 13.1 Å². The Balaban J connectivity index is 1.62. The van der Waals surface area contributed by atoms with Crippen LogP contribution in [0.25, 0.3) is 0 Å². The molecule has 3 rings (SSSR count). The molecule has 0 bridgehead atoms. The highest BCUT2D eigenvalue weighted by Gasteiger charge is 2.20. The minimum absolute atomic E-state index is 0.0848. The third-order valence-electron chi connectivity index (χ3n) is 4.42. The van der Waals surface area contributed by atoms with Gasteiger partial charge in [-0.1, -0.05) is 12.1 Å². The quantitative estimate of drug-likeness (QED) is 0.874. The van der Waals surface area contributed by atoms with E-state index in [0.29, 0.717) is 12.0 Å². The van der Waals surface area contributed by atoms with Crippen LogP contribution >= 0.6 is 0 Å². The van der Waals surface area contributed by atoms with E-state index < -0.39 is 0 Å². The molecule has 2 N–H and O–H groups in total. The smallest absolute Gasteiger partial charge is 0.251 e. The van der Waals surface area contributed by atoms with Gasteiger partial charge in [0.2, 0.25) is 0 Å². The normalized spacial score (nSPS) is 20.8. The minimum Gasteiger partial charge on any atom is -0.349 e. The Labute approximate surface area is 114 Å². The van der Waals surface area contributed by atoms with Gasteiger partial charge in [-0.25, -0.2) is 0 Å². The predicted octanol–water partition coefficient (Wildman–Crippen LogP) is 2.44. The molecule has 1 heterocycles. The Hall–Kier alpha value is -1.35. The molecule has 1 amide bonds. The maximum Gasteiger partial charge on any atom is 0.251 e. The summed E-state index contributed by atoms with van der Waals surface area (Å²) in [5.41, 5.74) is 2.17. The molecule has 1 aromatic rings. The highest BCUT2D eigenvalue weighted by molar-refractivity contribution is 5.94. The van der Waals surface area contributed by atoms with E-state index in [0.717, 1.165) is 31.5 Å². The van der Waals surface area contributed by atoms with Gasteiger partial charge in [0, 0.05) is 11.6 Å². The summed E-state index contributed by atoms with van der Waals surface area (Å²) in [6, 6.07) is 8.63. The fourth-order valence-electron chi connectivity index (χ4n) is 2.88. The maximum atomic E-state index is 12.0. The van der Waals surface area contributed by atoms with E-state index in [1.165, 1.54) is 24.8 Å². The van der Waals surface area contributed by atoms with Crippen molar-refractivity contribution in [3.05, 3.63) is 35.4 Å². The fourth-order valence-corrected chi connectivity index (χ4v) is 2.88. The van der Waals surface area contributed by atoms with Crippen LogP contribution in [0.3, 0.4) is 0 Å². The minimum atomic E-state index is 0.0848. The largest absolute Gasteiger partial charge is 0.349 e. The fraction of sp³-hybridized carbons (Fsp3) is 0.562. The summed E-state index contributed by atoms with van der Waals surface area (Å²) in [6.07, 6.45) is 5.93. The Morgan fingerprint density at radius 3 is 2.32 bits per heavy atom. The van der Waals surface area contributed by atoms with E-state index in [9.17, 15) is 4.79 Å². The molecule has 0 radical (unpaired) electrons. The number of carbonyl (C=O) groups is 1. The zero-order valence-electron chi connectivity index (χ0n) is 11.3. The summed E-state index contributed by atoms with van der Waals surface area (Å²) in [5.74, 6) is 0.742. The van der Waals surface area contributed by atoms with Crippen molar-refractivity contribution in [2.24, 2.45) is 0 Å². The number of rotatable bonds is 3. The number of benzene rings is 1. The Bertz CT molecular complexity index is 431. The number of hydrogen-bond acceptors (Lipinski definition) is 2. The standard InChI is InChI=1S/C16H22N2O/c19-16(18-15-2-1-3-15)14-6-4-12(5-7-14)13-8-10-17-11-9-13/h4-7,13,15,17H,1-3,8-11H2,(H,18,19). The summed E-state index contributed by atoms with van der Waals surface area (Å²) in [5, 5.41) is 6.47. The first-order chi connectivity index (χ1) is 9.33. The molecular weight excluding hydrogens is 236 g/mol. The van der Waals surface area contributed by atoms with Gasteiger partial charge in [-0.15, -0.1) is 0 Å². The van der Waals surface area contributed by atoms with Gasteiger partial charge in [0.15, 0.2) is 0 Å². The van der Waals surface area contributed by atoms with Gasteiger partial charge in [0.1, 0.15) is 0 Å². The molecule has 1 aromatic carbocycles. The summed E-state index contributed by atoms with van der Waals surface area (Å²) < 4.78 is 0. The second-order valence-electron chi connectivity index (χ2n) is 5.75.